The van der Waals surface area contributed by atoms with Crippen molar-refractivity contribution in [3.63, 3.8) is 0 Å². The Morgan fingerprint density at radius 2 is 0.851 bits per heavy atom. The number of halogens is 1. The SMILES string of the molecule is CC(C)(C)[Si](Cl)(c1ccccc1)c1ccccc1.COCCO[C@@H]1[C@H](C)[C@@H](C=O)O[C@H]1n1cc(C)c(=O)[nH]c1=O.COCCO[C@@H]1[C@H](C)[C@@H](CO)O[C@H]1n1cc(C)c(=O)[nH]c1=O.COP(=O)(CP(C)(C)=O)OC.[2H]C#C.[2H]C[C@H]1O[C@@H](n2cc(C)c(=O)[nH]c2=O)[C@H](OCCOC)[C@@H]1C.[2H]C[C@H]1O[C@@H](n2cc(C)c(=O)[nH]c2=O)[C@H](OCCOC)[C@@H]1O.[3H]OC.[3H]OC. The topological polar surface area (TPSA) is 481 Å². The summed E-state index contributed by atoms with van der Waals surface area (Å²) in [7, 11) is 3.76. The summed E-state index contributed by atoms with van der Waals surface area (Å²) in [5.41, 5.74) is -2.60. The number of aldehydes is 1. The lowest BCUT2D eigenvalue weighted by Gasteiger charge is -2.38. The van der Waals surface area contributed by atoms with E-state index in [9.17, 15) is 62.5 Å². The Hall–Kier alpha value is -7.36. The number of hydrogen-bond donors (Lipinski definition) is 8. The maximum Gasteiger partial charge on any atom is 0.337 e. The molecule has 6 aromatic rings. The van der Waals surface area contributed by atoms with Gasteiger partial charge in [-0.05, 0) is 70.2 Å². The van der Waals surface area contributed by atoms with Gasteiger partial charge in [0.15, 0.2) is 24.9 Å². The van der Waals surface area contributed by atoms with E-state index in [1.54, 1.807) is 62.4 Å². The Balaban J connectivity index is 0.000000506. The number of H-pyrrole nitrogens is 4. The summed E-state index contributed by atoms with van der Waals surface area (Å²) < 4.78 is 134. The van der Waals surface area contributed by atoms with Crippen LogP contribution in [0.25, 0.3) is 0 Å². The molecule has 2 aromatic carbocycles. The molecule has 0 bridgehead atoms. The highest BCUT2D eigenvalue weighted by Crippen LogP contribution is 2.58. The number of methoxy groups -OCH3 is 4. The van der Waals surface area contributed by atoms with Gasteiger partial charge >= 0.3 is 30.4 Å². The van der Waals surface area contributed by atoms with Gasteiger partial charge in [-0.3, -0.25) is 61.9 Å². The van der Waals surface area contributed by atoms with Crippen LogP contribution in [0, 0.1) is 58.3 Å². The van der Waals surface area contributed by atoms with Crippen molar-refractivity contribution in [3.8, 4) is 12.8 Å². The van der Waals surface area contributed by atoms with Crippen LogP contribution in [0.5, 0.6) is 0 Å². The fraction of sp³-hybridized carbons (Fsp3) is 0.613. The van der Waals surface area contributed by atoms with Gasteiger partial charge in [0, 0.05) is 124 Å². The number of aromatic amines is 4. The van der Waals surface area contributed by atoms with Gasteiger partial charge in [0.05, 0.1) is 84.9 Å². The van der Waals surface area contributed by atoms with Crippen molar-refractivity contribution in [2.45, 2.75) is 168 Å². The number of carbonyl (C=O) groups excluding carboxylic acids is 1. The normalized spacial score (nSPS) is 23.9. The van der Waals surface area contributed by atoms with Gasteiger partial charge in [-0.15, -0.1) is 12.8 Å². The van der Waals surface area contributed by atoms with E-state index in [2.05, 4.69) is 115 Å². The van der Waals surface area contributed by atoms with Crippen molar-refractivity contribution in [2.75, 3.05) is 136 Å². The lowest BCUT2D eigenvalue weighted by atomic mass is 10.0. The second kappa shape index (κ2) is 53.7. The molecule has 8 N–H and O–H groups in total. The number of nitrogens with one attached hydrogen (secondary N) is 4. The summed E-state index contributed by atoms with van der Waals surface area (Å²) in [6.07, 6.45) is 3.75. The van der Waals surface area contributed by atoms with Crippen molar-refractivity contribution >= 4 is 49.9 Å². The molecule has 37 nitrogen and oxygen atoms in total. The summed E-state index contributed by atoms with van der Waals surface area (Å²) in [4.78, 5) is 114. The zero-order valence-corrected chi connectivity index (χ0v) is 76.0. The Morgan fingerprint density at radius 3 is 1.15 bits per heavy atom. The number of terminal acetylenes is 1. The van der Waals surface area contributed by atoms with Crippen LogP contribution in [0.1, 0.15) is 107 Å². The van der Waals surface area contributed by atoms with Crippen LogP contribution in [-0.2, 0) is 79.8 Å². The van der Waals surface area contributed by atoms with E-state index in [-0.39, 0.29) is 67.9 Å². The first kappa shape index (κ1) is 101. The number of carbonyl (C=O) groups is 1. The zero-order valence-electron chi connectivity index (χ0n) is 77.4. The molecular formula is C80H127ClN8O29P2Si. The summed E-state index contributed by atoms with van der Waals surface area (Å²) >= 11 is 7.21. The number of nitrogens with zero attached hydrogens (tertiary/aromatic N) is 4. The van der Waals surface area contributed by atoms with Gasteiger partial charge in [0.25, 0.3) is 22.2 Å². The largest absolute Gasteiger partial charge is 0.400 e. The minimum Gasteiger partial charge on any atom is -0.400 e. The Morgan fingerprint density at radius 1 is 0.545 bits per heavy atom. The molecule has 0 radical (unpaired) electrons. The van der Waals surface area contributed by atoms with Crippen molar-refractivity contribution in [3.05, 3.63) is 191 Å². The number of aliphatic hydroxyl groups excluding tert-OH is 4. The minimum atomic E-state index is -3.07. The molecule has 0 unspecified atom stereocenters. The second-order valence-corrected chi connectivity index (χ2v) is 41.0. The summed E-state index contributed by atoms with van der Waals surface area (Å²) in [5.74, 6) is -0.365. The average molecular weight is 1800 g/mol. The number of ether oxygens (including phenoxy) is 12. The summed E-state index contributed by atoms with van der Waals surface area (Å²) in [6, 6.07) is 21.1. The van der Waals surface area contributed by atoms with Gasteiger partial charge in [0.1, 0.15) is 50.2 Å². The monoisotopic (exact) mass is 1800 g/mol. The van der Waals surface area contributed by atoms with Crippen molar-refractivity contribution in [2.24, 2.45) is 17.8 Å². The third kappa shape index (κ3) is 31.4. The highest BCUT2D eigenvalue weighted by molar-refractivity contribution is 7.75. The Labute approximate surface area is 717 Å². The van der Waals surface area contributed by atoms with Crippen molar-refractivity contribution in [1.82, 2.24) is 38.2 Å². The molecule has 4 aliphatic rings. The first-order valence-electron chi connectivity index (χ1n) is 40.8. The highest BCUT2D eigenvalue weighted by Gasteiger charge is 2.49. The number of hydrogen-bond acceptors (Lipinski definition) is 29. The molecule has 10 rings (SSSR count). The number of aliphatic hydroxyl groups is 4. The number of aryl methyl sites for hydroxylation is 4. The van der Waals surface area contributed by atoms with Crippen LogP contribution < -0.4 is 55.4 Å². The fourth-order valence-corrected chi connectivity index (χ4v) is 21.1. The molecule has 0 saturated carbocycles. The van der Waals surface area contributed by atoms with Crippen LogP contribution in [0.4, 0.5) is 0 Å². The number of aromatic nitrogens is 8. The van der Waals surface area contributed by atoms with E-state index in [1.165, 1.54) is 95.4 Å². The van der Waals surface area contributed by atoms with Crippen LogP contribution in [0.2, 0.25) is 5.04 Å². The van der Waals surface area contributed by atoms with Crippen molar-refractivity contribution < 1.29 is 104 Å². The molecule has 0 aliphatic carbocycles. The standard InChI is InChI=1S/C16H19ClSi.C14H22N2O6.C14H20N2O6.C14H22N2O5.C13H20N2O6.C5H14O4P2.C2H2.2CH4O/c1-16(2,3)18(17,14-10-6-4-7-11-14)15-12-8-5-9-13-15;2*1-8-6-16(14(19)15-12(8)18)13-11(21-5-4-20-3)9(2)10(7-17)22-13;1-8-7-16(14(18)15-12(8)17)13-11(20-6-5-19-4)9(2)10(3)21-13;1-7-6-15(13(18)14-11(7)17)12-10(20-5-4-19-3)9(16)8(2)21-12;1-8-11(7,9-2)5-10(3,4)6;3*1-2/h4-13H,1-3H3;6,9-11,13,17H,4-5,7H2,1-3H3,(H,15,18,19);6-7,9-11,13H,4-5H2,1-3H3,(H,15,18,19);7,9-11,13H,5-6H2,1-4H3,(H,15,17,18);6,8-10,12,16H,4-5H2,1-3H3,(H,14,17,18);5H2,1-4H3;1-2H;2*2H,1H3/t;3*9-,10-,11-,13-;8-,9-,10-,12-;;;;/m.1111..../s1/i;;;3D;2D;;1D;2*2T. The third-order valence-corrected chi connectivity index (χ3v) is 31.7. The lowest BCUT2D eigenvalue weighted by molar-refractivity contribution is -0.122. The second-order valence-electron chi connectivity index (χ2n) is 29.1. The maximum atomic E-state index is 12.1. The van der Waals surface area contributed by atoms with Crippen LogP contribution in [0.3, 0.4) is 0 Å². The molecular weight excluding hydrogens is 1660 g/mol. The quantitative estimate of drug-likeness (QED) is 0.00862. The van der Waals surface area contributed by atoms with Crippen molar-refractivity contribution in [1.29, 1.82) is 2.86 Å². The van der Waals surface area contributed by atoms with Gasteiger partial charge in [-0.2, -0.15) is 11.1 Å². The smallest absolute Gasteiger partial charge is 0.337 e. The van der Waals surface area contributed by atoms with E-state index in [4.69, 9.17) is 74.9 Å². The molecule has 0 amide bonds. The molecule has 121 heavy (non-hydrogen) atoms. The average Bonchev–Trinajstić information content (AvgIpc) is 1.45. The third-order valence-electron chi connectivity index (χ3n) is 19.2. The highest BCUT2D eigenvalue weighted by atomic mass is 35.6. The predicted octanol–water partition coefficient (Wildman–Crippen LogP) is 3.90. The first-order chi connectivity index (χ1) is 59.5. The molecule has 682 valence electrons. The van der Waals surface area contributed by atoms with E-state index < -0.39 is 135 Å². The number of rotatable bonds is 28. The molecule has 0 spiro atoms. The predicted molar refractivity (Wildman–Crippen MR) is 460 cm³/mol. The van der Waals surface area contributed by atoms with Crippen LogP contribution in [-0.4, -0.2) is 266 Å². The van der Waals surface area contributed by atoms with Gasteiger partial charge in [-0.25, -0.2) is 19.2 Å². The minimum absolute atomic E-state index is 0.00694. The molecule has 8 heterocycles. The first-order valence-corrected chi connectivity index (χ1v) is 45.6. The van der Waals surface area contributed by atoms with Crippen LogP contribution in [0.15, 0.2) is 124 Å². The molecule has 41 heteroatoms. The van der Waals surface area contributed by atoms with E-state index in [1.807, 2.05) is 32.9 Å². The molecule has 4 fully saturated rings. The van der Waals surface area contributed by atoms with E-state index in [0.717, 1.165) is 0 Å². The van der Waals surface area contributed by atoms with E-state index in [0.29, 0.717) is 74.8 Å². The molecule has 16 atom stereocenters. The van der Waals surface area contributed by atoms with Gasteiger partial charge < -0.3 is 95.7 Å². The molecule has 4 aromatic heterocycles. The van der Waals surface area contributed by atoms with E-state index >= 15 is 0 Å². The summed E-state index contributed by atoms with van der Waals surface area (Å²) in [6.45, 7) is 24.4. The van der Waals surface area contributed by atoms with Gasteiger partial charge in [0.2, 0.25) is 10.2 Å². The Bertz CT molecular complexity index is 4540. The summed E-state index contributed by atoms with van der Waals surface area (Å²) in [5, 5.41) is 29.2. The van der Waals surface area contributed by atoms with Gasteiger partial charge in [-0.1, -0.05) is 102 Å². The lowest BCUT2D eigenvalue weighted by Crippen LogP contribution is -2.59. The van der Waals surface area contributed by atoms with Crippen LogP contribution >= 0.6 is 25.8 Å². The fourth-order valence-electron chi connectivity index (χ4n) is 12.5. The molecule has 4 aliphatic heterocycles. The maximum absolute atomic E-state index is 12.1. The zero-order chi connectivity index (χ0) is 95.6. The number of benzene rings is 2. The Kier molecular flexibility index (Phi) is 44.7. The molecule has 4 saturated heterocycles.